The van der Waals surface area contributed by atoms with Gasteiger partial charge in [-0.2, -0.15) is 13.9 Å². The Morgan fingerprint density at radius 1 is 0.745 bits per heavy atom. The Hall–Kier alpha value is -3.57. The fourth-order valence-corrected chi connectivity index (χ4v) is 6.31. The van der Waals surface area contributed by atoms with Gasteiger partial charge in [-0.25, -0.2) is 26.5 Å². The lowest BCUT2D eigenvalue weighted by molar-refractivity contribution is -0.147. The zero-order valence-electron chi connectivity index (χ0n) is 26.0. The summed E-state index contributed by atoms with van der Waals surface area (Å²) >= 11 is 0. The van der Waals surface area contributed by atoms with Crippen LogP contribution in [-0.4, -0.2) is 18.6 Å². The molecule has 14 heteroatoms. The van der Waals surface area contributed by atoms with E-state index in [-0.39, 0.29) is 23.8 Å². The molecule has 0 radical (unpaired) electrons. The van der Waals surface area contributed by atoms with Crippen LogP contribution in [0.2, 0.25) is 0 Å². The average Bonchev–Trinajstić information content (AvgIpc) is 3.03. The molecule has 2 atom stereocenters. The Bertz CT molecular complexity index is 1470. The van der Waals surface area contributed by atoms with E-state index in [1.807, 2.05) is 13.8 Å². The molecule has 0 aliphatic carbocycles. The minimum absolute atomic E-state index is 0.0405. The lowest BCUT2D eigenvalue weighted by Gasteiger charge is -2.26. The van der Waals surface area contributed by atoms with Crippen molar-refractivity contribution < 1.29 is 53.9 Å². The Balaban J connectivity index is 2.00. The van der Waals surface area contributed by atoms with E-state index >= 15 is 0 Å². The van der Waals surface area contributed by atoms with Crippen molar-refractivity contribution in [2.24, 2.45) is 5.92 Å². The van der Waals surface area contributed by atoms with Crippen LogP contribution >= 0.6 is 7.75 Å². The maximum Gasteiger partial charge on any atom is 0.513 e. The molecule has 0 unspecified atom stereocenters. The Morgan fingerprint density at radius 2 is 1.28 bits per heavy atom. The molecule has 0 heterocycles. The molecule has 0 fully saturated rings. The van der Waals surface area contributed by atoms with Crippen LogP contribution in [0.25, 0.3) is 0 Å². The van der Waals surface area contributed by atoms with E-state index in [4.69, 9.17) is 13.8 Å². The Kier molecular flexibility index (Phi) is 14.6. The second-order valence-electron chi connectivity index (χ2n) is 11.0. The number of unbranched alkanes of at least 4 members (excludes halogenated alkanes) is 4. The number of rotatable bonds is 19. The quantitative estimate of drug-likeness (QED) is 0.0337. The van der Waals surface area contributed by atoms with Gasteiger partial charge in [0.05, 0.1) is 6.61 Å². The minimum atomic E-state index is -5.31. The topological polar surface area (TPSA) is 73.9 Å². The van der Waals surface area contributed by atoms with Gasteiger partial charge >= 0.3 is 13.7 Å². The molecular formula is C33H37F7NO5P. The molecule has 0 aliphatic rings. The predicted molar refractivity (Wildman–Crippen MR) is 161 cm³/mol. The van der Waals surface area contributed by atoms with E-state index in [1.54, 1.807) is 0 Å². The highest BCUT2D eigenvalue weighted by Gasteiger charge is 2.40. The van der Waals surface area contributed by atoms with Crippen LogP contribution in [0.15, 0.2) is 48.5 Å². The first-order valence-corrected chi connectivity index (χ1v) is 16.9. The van der Waals surface area contributed by atoms with Crippen LogP contribution in [-0.2, 0) is 20.5 Å². The van der Waals surface area contributed by atoms with Gasteiger partial charge < -0.3 is 13.8 Å². The summed E-state index contributed by atoms with van der Waals surface area (Å²) < 4.78 is 129. The first kappa shape index (κ1) is 37.9. The van der Waals surface area contributed by atoms with E-state index < -0.39 is 72.6 Å². The van der Waals surface area contributed by atoms with E-state index in [9.17, 15) is 40.1 Å². The molecule has 1 N–H and O–H groups in total. The summed E-state index contributed by atoms with van der Waals surface area (Å²) in [5, 5.41) is 2.17. The molecule has 3 rings (SSSR count). The van der Waals surface area contributed by atoms with Crippen molar-refractivity contribution in [3.05, 3.63) is 94.8 Å². The van der Waals surface area contributed by atoms with Gasteiger partial charge in [-0.3, -0.25) is 4.79 Å². The first-order valence-electron chi connectivity index (χ1n) is 15.3. The number of carbonyl (C=O) groups excluding carboxylic acids is 1. The molecule has 0 saturated carbocycles. The highest BCUT2D eigenvalue weighted by Crippen LogP contribution is 2.48. The number of ether oxygens (including phenoxy) is 1. The molecule has 0 saturated heterocycles. The van der Waals surface area contributed by atoms with Crippen LogP contribution in [0, 0.1) is 46.6 Å². The maximum atomic E-state index is 14.6. The zero-order valence-corrected chi connectivity index (χ0v) is 26.9. The SMILES string of the molecule is CCCCCC(CCCCC)COC(=O)[C@H](Cc1cc(F)cc(F)c1)N[P@](=O)(Oc1ccccc1)Oc1c(F)c(F)c(F)c(F)c1F. The second-order valence-corrected chi connectivity index (χ2v) is 12.7. The molecule has 3 aromatic carbocycles. The van der Waals surface area contributed by atoms with Crippen molar-refractivity contribution in [3.8, 4) is 11.5 Å². The first-order chi connectivity index (χ1) is 22.4. The van der Waals surface area contributed by atoms with Gasteiger partial charge in [-0.15, -0.1) is 0 Å². The minimum Gasteiger partial charge on any atom is -0.464 e. The molecule has 0 spiro atoms. The molecule has 47 heavy (non-hydrogen) atoms. The van der Waals surface area contributed by atoms with E-state index in [0.717, 1.165) is 63.5 Å². The Morgan fingerprint density at radius 3 is 1.81 bits per heavy atom. The number of hydrogen-bond donors (Lipinski definition) is 1. The van der Waals surface area contributed by atoms with Gasteiger partial charge in [0.1, 0.15) is 23.4 Å². The monoisotopic (exact) mass is 691 g/mol. The molecule has 0 aromatic heterocycles. The molecule has 3 aromatic rings. The van der Waals surface area contributed by atoms with Gasteiger partial charge in [-0.05, 0) is 55.0 Å². The van der Waals surface area contributed by atoms with Crippen molar-refractivity contribution >= 4 is 13.7 Å². The summed E-state index contributed by atoms with van der Waals surface area (Å²) in [6.45, 7) is 4.02. The third-order valence-corrected chi connectivity index (χ3v) is 8.71. The highest BCUT2D eigenvalue weighted by molar-refractivity contribution is 7.52. The number of benzene rings is 3. The van der Waals surface area contributed by atoms with Crippen LogP contribution in [0.1, 0.15) is 70.8 Å². The van der Waals surface area contributed by atoms with Gasteiger partial charge in [0.15, 0.2) is 0 Å². The van der Waals surface area contributed by atoms with Gasteiger partial charge in [0, 0.05) is 6.07 Å². The van der Waals surface area contributed by atoms with Gasteiger partial charge in [0.25, 0.3) is 0 Å². The van der Waals surface area contributed by atoms with E-state index in [2.05, 4.69) is 5.09 Å². The number of esters is 1. The van der Waals surface area contributed by atoms with Crippen LogP contribution in [0.5, 0.6) is 11.5 Å². The summed E-state index contributed by atoms with van der Waals surface area (Å²) in [4.78, 5) is 13.5. The fourth-order valence-electron chi connectivity index (χ4n) is 4.79. The maximum absolute atomic E-state index is 14.6. The van der Waals surface area contributed by atoms with E-state index in [1.165, 1.54) is 30.3 Å². The number of hydrogen-bond acceptors (Lipinski definition) is 5. The lowest BCUT2D eigenvalue weighted by atomic mass is 9.96. The number of nitrogens with one attached hydrogen (secondary N) is 1. The van der Waals surface area contributed by atoms with E-state index in [0.29, 0.717) is 6.07 Å². The second kappa shape index (κ2) is 18.1. The normalized spacial score (nSPS) is 13.3. The van der Waals surface area contributed by atoms with Crippen molar-refractivity contribution in [1.29, 1.82) is 0 Å². The van der Waals surface area contributed by atoms with Gasteiger partial charge in [0.2, 0.25) is 34.8 Å². The molecule has 6 nitrogen and oxygen atoms in total. The molecule has 258 valence electrons. The summed E-state index contributed by atoms with van der Waals surface area (Å²) in [6.07, 6.45) is 6.51. The van der Waals surface area contributed by atoms with Crippen LogP contribution in [0.3, 0.4) is 0 Å². The summed E-state index contributed by atoms with van der Waals surface area (Å²) in [5.41, 5.74) is -0.123. The van der Waals surface area contributed by atoms with Crippen LogP contribution in [0.4, 0.5) is 30.7 Å². The van der Waals surface area contributed by atoms with Gasteiger partial charge in [-0.1, -0.05) is 70.6 Å². The van der Waals surface area contributed by atoms with Crippen molar-refractivity contribution in [1.82, 2.24) is 5.09 Å². The van der Waals surface area contributed by atoms with Crippen LogP contribution < -0.4 is 14.1 Å². The number of carbonyl (C=O) groups is 1. The summed E-state index contributed by atoms with van der Waals surface area (Å²) in [7, 11) is -5.31. The largest absolute Gasteiger partial charge is 0.513 e. The van der Waals surface area contributed by atoms with Crippen molar-refractivity contribution in [3.63, 3.8) is 0 Å². The highest BCUT2D eigenvalue weighted by atomic mass is 31.2. The summed E-state index contributed by atoms with van der Waals surface area (Å²) in [6, 6.07) is 7.38. The standard InChI is InChI=1S/C33H37F7NO5P/c1-3-5-8-12-21(13-9-6-4-2)20-44-33(42)26(18-22-16-23(34)19-24(35)17-22)41-47(43,45-25-14-10-7-11-15-25)46-32-30(39)28(37)27(36)29(38)31(32)40/h7,10-11,14-17,19,21,26H,3-6,8-9,12-13,18,20H2,1-2H3,(H,41,43)/t26-,47-/m0/s1. The number of halogens is 7. The molecule has 0 bridgehead atoms. The fraction of sp³-hybridized carbons (Fsp3) is 0.424. The zero-order chi connectivity index (χ0) is 34.6. The smallest absolute Gasteiger partial charge is 0.464 e. The number of para-hydroxylation sites is 1. The third kappa shape index (κ3) is 11.3. The van der Waals surface area contributed by atoms with Crippen molar-refractivity contribution in [2.75, 3.05) is 6.61 Å². The molecule has 0 aliphatic heterocycles. The predicted octanol–water partition coefficient (Wildman–Crippen LogP) is 9.75. The molecule has 0 amide bonds. The average molecular weight is 692 g/mol. The Labute approximate surface area is 269 Å². The molecular weight excluding hydrogens is 654 g/mol. The third-order valence-electron chi connectivity index (χ3n) is 7.20. The lowest BCUT2D eigenvalue weighted by Crippen LogP contribution is -2.40. The summed E-state index contributed by atoms with van der Waals surface area (Å²) in [5.74, 6) is -17.5. The van der Waals surface area contributed by atoms with Crippen molar-refractivity contribution in [2.45, 2.75) is 77.7 Å².